The molecule has 1 aromatic carbocycles. The molecule has 0 aliphatic carbocycles. The number of pyridine rings is 1. The lowest BCUT2D eigenvalue weighted by Gasteiger charge is -2.37. The highest BCUT2D eigenvalue weighted by molar-refractivity contribution is 6.34. The quantitative estimate of drug-likeness (QED) is 0.581. The molecule has 0 radical (unpaired) electrons. The summed E-state index contributed by atoms with van der Waals surface area (Å²) in [6.07, 6.45) is -5.17. The number of rotatable bonds is 6. The normalized spacial score (nSPS) is 16.6. The van der Waals surface area contributed by atoms with Gasteiger partial charge in [-0.2, -0.15) is 18.4 Å². The number of aromatic nitrogens is 1. The van der Waals surface area contributed by atoms with Crippen molar-refractivity contribution in [2.45, 2.75) is 31.9 Å². The van der Waals surface area contributed by atoms with Crippen LogP contribution in [0.25, 0.3) is 0 Å². The monoisotopic (exact) mass is 511 g/mol. The van der Waals surface area contributed by atoms with Gasteiger partial charge in [0.25, 0.3) is 0 Å². The maximum Gasteiger partial charge on any atom is 0.417 e. The van der Waals surface area contributed by atoms with E-state index in [9.17, 15) is 23.2 Å². The Hall–Kier alpha value is -3.07. The van der Waals surface area contributed by atoms with Crippen LogP contribution in [0, 0.1) is 18.3 Å². The lowest BCUT2D eigenvalue weighted by atomic mass is 10.0. The Kier molecular flexibility index (Phi) is 8.10. The van der Waals surface area contributed by atoms with Crippen molar-refractivity contribution in [2.24, 2.45) is 0 Å². The van der Waals surface area contributed by atoms with Crippen molar-refractivity contribution in [2.75, 3.05) is 49.5 Å². The Morgan fingerprint density at radius 2 is 2.03 bits per heavy atom. The van der Waals surface area contributed by atoms with E-state index in [1.54, 1.807) is 31.3 Å². The van der Waals surface area contributed by atoms with Gasteiger partial charge in [0.05, 0.1) is 28.5 Å². The minimum Gasteiger partial charge on any atom is -0.363 e. The van der Waals surface area contributed by atoms with E-state index in [1.807, 2.05) is 4.90 Å². The number of halogens is 4. The third-order valence-electron chi connectivity index (χ3n) is 5.73. The summed E-state index contributed by atoms with van der Waals surface area (Å²) in [4.78, 5) is 20.8. The van der Waals surface area contributed by atoms with Crippen molar-refractivity contribution in [3.05, 3.63) is 46.1 Å². The predicted molar refractivity (Wildman–Crippen MR) is 126 cm³/mol. The van der Waals surface area contributed by atoms with Crippen LogP contribution in [0.3, 0.4) is 0 Å². The van der Waals surface area contributed by atoms with Gasteiger partial charge < -0.3 is 24.6 Å². The van der Waals surface area contributed by atoms with E-state index >= 15 is 0 Å². The highest BCUT2D eigenvalue weighted by atomic mass is 35.5. The lowest BCUT2D eigenvalue weighted by Crippen LogP contribution is -2.47. The Morgan fingerprint density at radius 3 is 2.63 bits per heavy atom. The number of anilines is 3. The average Bonchev–Trinajstić information content (AvgIpc) is 2.81. The average molecular weight is 512 g/mol. The number of ether oxygens (including phenoxy) is 2. The van der Waals surface area contributed by atoms with Crippen LogP contribution < -0.4 is 15.1 Å². The number of methoxy groups -OCH3 is 2. The maximum absolute atomic E-state index is 13.5. The molecule has 8 nitrogen and oxygen atoms in total. The zero-order chi connectivity index (χ0) is 25.9. The van der Waals surface area contributed by atoms with Gasteiger partial charge in [0.2, 0.25) is 5.91 Å². The number of benzene rings is 1. The second-order valence-electron chi connectivity index (χ2n) is 7.98. The molecule has 1 N–H and O–H groups in total. The molecule has 2 heterocycles. The van der Waals surface area contributed by atoms with Crippen LogP contribution in [0.5, 0.6) is 0 Å². The number of hydrogen-bond donors (Lipinski definition) is 1. The van der Waals surface area contributed by atoms with Crippen molar-refractivity contribution in [3.8, 4) is 6.07 Å². The summed E-state index contributed by atoms with van der Waals surface area (Å²) in [6, 6.07) is 6.54. The van der Waals surface area contributed by atoms with E-state index in [1.165, 1.54) is 26.0 Å². The molecule has 3 rings (SSSR count). The third-order valence-corrected chi connectivity index (χ3v) is 6.04. The predicted octanol–water partition coefficient (Wildman–Crippen LogP) is 4.21. The summed E-state index contributed by atoms with van der Waals surface area (Å²) in [6.45, 7) is 1.96. The molecule has 0 fully saturated rings. The third kappa shape index (κ3) is 5.61. The minimum atomic E-state index is -4.75. The van der Waals surface area contributed by atoms with E-state index in [2.05, 4.69) is 10.3 Å². The Morgan fingerprint density at radius 1 is 1.34 bits per heavy atom. The summed E-state index contributed by atoms with van der Waals surface area (Å²) in [5.41, 5.74) is -0.600. The van der Waals surface area contributed by atoms with Crippen LogP contribution >= 0.6 is 11.6 Å². The molecule has 12 heteroatoms. The van der Waals surface area contributed by atoms with E-state index in [-0.39, 0.29) is 31.0 Å². The number of amides is 1. The van der Waals surface area contributed by atoms with Crippen molar-refractivity contribution in [1.29, 1.82) is 5.26 Å². The SMILES string of the molecule is COC(CN1CC[C@H](Nc2nc(C)cc(C(F)(F)F)c2C#N)C(=O)N(C)c2cccc(Cl)c21)OC. The number of aryl methyl sites for hydroxylation is 1. The van der Waals surface area contributed by atoms with Gasteiger partial charge >= 0.3 is 6.18 Å². The molecule has 35 heavy (non-hydrogen) atoms. The molecule has 0 bridgehead atoms. The smallest absolute Gasteiger partial charge is 0.363 e. The molecule has 1 atom stereocenters. The summed E-state index contributed by atoms with van der Waals surface area (Å²) >= 11 is 6.50. The van der Waals surface area contributed by atoms with E-state index < -0.39 is 35.5 Å². The number of para-hydroxylation sites is 1. The second-order valence-corrected chi connectivity index (χ2v) is 8.39. The lowest BCUT2D eigenvalue weighted by molar-refractivity contribution is -0.137. The van der Waals surface area contributed by atoms with Crippen LogP contribution in [0.4, 0.5) is 30.4 Å². The van der Waals surface area contributed by atoms with Gasteiger partial charge in [-0.15, -0.1) is 0 Å². The Balaban J connectivity index is 2.04. The van der Waals surface area contributed by atoms with Crippen LogP contribution in [-0.4, -0.2) is 57.6 Å². The van der Waals surface area contributed by atoms with E-state index in [0.29, 0.717) is 16.4 Å². The molecule has 0 spiro atoms. The zero-order valence-electron chi connectivity index (χ0n) is 19.6. The van der Waals surface area contributed by atoms with Gasteiger partial charge in [-0.25, -0.2) is 4.98 Å². The maximum atomic E-state index is 13.5. The van der Waals surface area contributed by atoms with Crippen molar-refractivity contribution >= 4 is 34.7 Å². The van der Waals surface area contributed by atoms with E-state index in [0.717, 1.165) is 6.07 Å². The molecule has 1 aromatic heterocycles. The summed E-state index contributed by atoms with van der Waals surface area (Å²) in [7, 11) is 4.55. The van der Waals surface area contributed by atoms with Gasteiger partial charge in [0.1, 0.15) is 23.5 Å². The fourth-order valence-corrected chi connectivity index (χ4v) is 4.27. The molecule has 1 aliphatic heterocycles. The van der Waals surface area contributed by atoms with Crippen molar-refractivity contribution in [1.82, 2.24) is 4.98 Å². The first-order valence-electron chi connectivity index (χ1n) is 10.6. The minimum absolute atomic E-state index is 0.0623. The van der Waals surface area contributed by atoms with Gasteiger partial charge in [-0.1, -0.05) is 17.7 Å². The zero-order valence-corrected chi connectivity index (χ0v) is 20.4. The number of nitrogens with zero attached hydrogens (tertiary/aromatic N) is 4. The number of alkyl halides is 3. The van der Waals surface area contributed by atoms with Gasteiger partial charge in [0, 0.05) is 33.5 Å². The molecule has 188 valence electrons. The topological polar surface area (TPSA) is 90.7 Å². The molecule has 0 saturated heterocycles. The number of likely N-dealkylation sites (N-methyl/N-ethyl adjacent to an activating group) is 1. The largest absolute Gasteiger partial charge is 0.417 e. The fraction of sp³-hybridized carbons (Fsp3) is 0.435. The Bertz CT molecular complexity index is 1130. The number of fused-ring (bicyclic) bond motifs is 1. The van der Waals surface area contributed by atoms with Crippen LogP contribution in [0.15, 0.2) is 24.3 Å². The summed E-state index contributed by atoms with van der Waals surface area (Å²) in [5.74, 6) is -0.708. The van der Waals surface area contributed by atoms with Crippen LogP contribution in [-0.2, 0) is 20.4 Å². The van der Waals surface area contributed by atoms with Crippen LogP contribution in [0.1, 0.15) is 23.2 Å². The van der Waals surface area contributed by atoms with Crippen molar-refractivity contribution < 1.29 is 27.4 Å². The number of hydrogen-bond acceptors (Lipinski definition) is 7. The van der Waals surface area contributed by atoms with Gasteiger partial charge in [-0.3, -0.25) is 4.79 Å². The Labute approximate surface area is 206 Å². The van der Waals surface area contributed by atoms with E-state index in [4.69, 9.17) is 21.1 Å². The number of nitrogens with one attached hydrogen (secondary N) is 1. The van der Waals surface area contributed by atoms with Gasteiger partial charge in [-0.05, 0) is 31.5 Å². The first-order chi connectivity index (χ1) is 16.5. The summed E-state index contributed by atoms with van der Waals surface area (Å²) < 4.78 is 51.3. The second kappa shape index (κ2) is 10.7. The molecule has 1 aliphatic rings. The molecule has 1 amide bonds. The van der Waals surface area contributed by atoms with Crippen LogP contribution in [0.2, 0.25) is 5.02 Å². The van der Waals surface area contributed by atoms with Crippen molar-refractivity contribution in [3.63, 3.8) is 0 Å². The first kappa shape index (κ1) is 26.5. The fourth-order valence-electron chi connectivity index (χ4n) is 3.98. The van der Waals surface area contributed by atoms with Gasteiger partial charge in [0.15, 0.2) is 6.29 Å². The highest BCUT2D eigenvalue weighted by Crippen LogP contribution is 2.39. The number of carbonyl (C=O) groups excluding carboxylic acids is 1. The molecule has 0 unspecified atom stereocenters. The molecule has 2 aromatic rings. The standard InChI is InChI=1S/C23H25ClF3N5O3/c1-13-10-15(23(25,26)27)14(11-28)21(29-13)30-17-8-9-32(12-19(34-3)35-4)20-16(24)6-5-7-18(20)31(2)22(17)33/h5-7,10,17,19H,8-9,12H2,1-4H3,(H,29,30)/t17-/m0/s1. The number of nitriles is 1. The summed E-state index contributed by atoms with van der Waals surface area (Å²) in [5, 5.41) is 12.7. The first-order valence-corrected chi connectivity index (χ1v) is 11.0. The number of carbonyl (C=O) groups is 1. The molecular weight excluding hydrogens is 487 g/mol. The molecule has 0 saturated carbocycles. The highest BCUT2D eigenvalue weighted by Gasteiger charge is 2.37. The molecular formula is C23H25ClF3N5O3.